The number of alkyl halides is 3. The Balaban J connectivity index is 1.39. The molecular formula is C19H17F3N4O3S. The highest BCUT2D eigenvalue weighted by Gasteiger charge is 2.31. The van der Waals surface area contributed by atoms with Gasteiger partial charge in [-0.15, -0.1) is 29.6 Å². The molecular weight excluding hydrogens is 421 g/mol. The molecule has 158 valence electrons. The molecule has 11 heteroatoms. The Morgan fingerprint density at radius 2 is 1.97 bits per heavy atom. The number of carbonyl (C=O) groups is 1. The number of carbonyl (C=O) groups excluding carboxylic acids is 1. The van der Waals surface area contributed by atoms with Crippen LogP contribution >= 0.6 is 11.3 Å². The van der Waals surface area contributed by atoms with E-state index in [-0.39, 0.29) is 30.4 Å². The molecule has 0 spiro atoms. The number of halogens is 3. The molecule has 30 heavy (non-hydrogen) atoms. The Bertz CT molecular complexity index is 1080. The highest BCUT2D eigenvalue weighted by Crippen LogP contribution is 2.37. The normalized spacial score (nSPS) is 14.0. The van der Waals surface area contributed by atoms with Crippen molar-refractivity contribution < 1.29 is 22.7 Å². The number of aromatic nitrogens is 3. The standard InChI is InChI=1S/C19H17F3N4O3S/c20-19(21,22)29-14-7-3-12(4-8-14)17(27)23-9-10-25-18(28)26(13-5-6-13)16(24-25)15-2-1-11-30-15/h1-4,7-8,11,13H,5-6,9-10H2,(H,23,27). The lowest BCUT2D eigenvalue weighted by Gasteiger charge is -2.09. The van der Waals surface area contributed by atoms with E-state index in [0.717, 1.165) is 29.9 Å². The van der Waals surface area contributed by atoms with Crippen LogP contribution in [0.4, 0.5) is 13.2 Å². The summed E-state index contributed by atoms with van der Waals surface area (Å²) in [7, 11) is 0. The first-order chi connectivity index (χ1) is 14.3. The second kappa shape index (κ2) is 7.98. The van der Waals surface area contributed by atoms with Gasteiger partial charge in [0.2, 0.25) is 0 Å². The van der Waals surface area contributed by atoms with Crippen LogP contribution in [0, 0.1) is 0 Å². The van der Waals surface area contributed by atoms with Crippen LogP contribution in [0.15, 0.2) is 46.6 Å². The van der Waals surface area contributed by atoms with E-state index in [1.807, 2.05) is 17.5 Å². The fraction of sp³-hybridized carbons (Fsp3) is 0.316. The van der Waals surface area contributed by atoms with Gasteiger partial charge in [0, 0.05) is 18.2 Å². The van der Waals surface area contributed by atoms with Crippen molar-refractivity contribution in [2.75, 3.05) is 6.54 Å². The molecule has 0 unspecified atom stereocenters. The van der Waals surface area contributed by atoms with Crippen LogP contribution in [0.1, 0.15) is 29.2 Å². The topological polar surface area (TPSA) is 78.2 Å². The van der Waals surface area contributed by atoms with Gasteiger partial charge in [-0.2, -0.15) is 0 Å². The Morgan fingerprint density at radius 1 is 1.23 bits per heavy atom. The van der Waals surface area contributed by atoms with Crippen LogP contribution in [0.5, 0.6) is 5.75 Å². The first-order valence-electron chi connectivity index (χ1n) is 9.19. The monoisotopic (exact) mass is 438 g/mol. The Morgan fingerprint density at radius 3 is 2.57 bits per heavy atom. The van der Waals surface area contributed by atoms with E-state index >= 15 is 0 Å². The lowest BCUT2D eigenvalue weighted by Crippen LogP contribution is -2.32. The van der Waals surface area contributed by atoms with E-state index in [4.69, 9.17) is 0 Å². The van der Waals surface area contributed by atoms with E-state index in [2.05, 4.69) is 15.2 Å². The molecule has 2 heterocycles. The van der Waals surface area contributed by atoms with E-state index in [1.54, 1.807) is 4.57 Å². The molecule has 0 saturated heterocycles. The van der Waals surface area contributed by atoms with Crippen LogP contribution in [0.3, 0.4) is 0 Å². The van der Waals surface area contributed by atoms with Gasteiger partial charge in [0.05, 0.1) is 11.4 Å². The van der Waals surface area contributed by atoms with Gasteiger partial charge in [-0.25, -0.2) is 9.48 Å². The number of ether oxygens (including phenoxy) is 1. The van der Waals surface area contributed by atoms with Crippen LogP contribution in [-0.2, 0) is 6.54 Å². The van der Waals surface area contributed by atoms with Gasteiger partial charge in [0.25, 0.3) is 5.91 Å². The van der Waals surface area contributed by atoms with Crippen molar-refractivity contribution in [3.63, 3.8) is 0 Å². The average Bonchev–Trinajstić information content (AvgIpc) is 3.26. The highest BCUT2D eigenvalue weighted by molar-refractivity contribution is 7.13. The second-order valence-electron chi connectivity index (χ2n) is 6.74. The molecule has 7 nitrogen and oxygen atoms in total. The molecule has 1 aliphatic rings. The fourth-order valence-corrected chi connectivity index (χ4v) is 3.69. The predicted octanol–water partition coefficient (Wildman–Crippen LogP) is 3.44. The van der Waals surface area contributed by atoms with Gasteiger partial charge in [-0.05, 0) is 48.6 Å². The van der Waals surface area contributed by atoms with Gasteiger partial charge in [-0.3, -0.25) is 9.36 Å². The van der Waals surface area contributed by atoms with E-state index < -0.39 is 18.0 Å². The van der Waals surface area contributed by atoms with Crippen molar-refractivity contribution in [2.45, 2.75) is 31.8 Å². The maximum Gasteiger partial charge on any atom is 0.573 e. The smallest absolute Gasteiger partial charge is 0.406 e. The minimum atomic E-state index is -4.79. The van der Waals surface area contributed by atoms with Gasteiger partial charge >= 0.3 is 12.1 Å². The van der Waals surface area contributed by atoms with Crippen molar-refractivity contribution in [3.05, 3.63) is 57.8 Å². The molecule has 1 N–H and O–H groups in total. The lowest BCUT2D eigenvalue weighted by atomic mass is 10.2. The summed E-state index contributed by atoms with van der Waals surface area (Å²) in [5, 5.41) is 8.99. The number of rotatable bonds is 7. The first-order valence-corrected chi connectivity index (χ1v) is 10.1. The van der Waals surface area contributed by atoms with Crippen LogP contribution in [-0.4, -0.2) is 33.2 Å². The summed E-state index contributed by atoms with van der Waals surface area (Å²) in [4.78, 5) is 25.8. The molecule has 1 aliphatic carbocycles. The zero-order valence-corrected chi connectivity index (χ0v) is 16.4. The zero-order chi connectivity index (χ0) is 21.3. The molecule has 2 aromatic heterocycles. The third-order valence-corrected chi connectivity index (χ3v) is 5.35. The number of benzene rings is 1. The molecule has 1 aromatic carbocycles. The summed E-state index contributed by atoms with van der Waals surface area (Å²) in [6, 6.07) is 8.57. The highest BCUT2D eigenvalue weighted by atomic mass is 32.1. The number of nitrogens with zero attached hydrogens (tertiary/aromatic N) is 3. The lowest BCUT2D eigenvalue weighted by molar-refractivity contribution is -0.274. The summed E-state index contributed by atoms with van der Waals surface area (Å²) < 4.78 is 43.4. The minimum Gasteiger partial charge on any atom is -0.406 e. The molecule has 0 radical (unpaired) electrons. The third-order valence-electron chi connectivity index (χ3n) is 4.48. The van der Waals surface area contributed by atoms with Crippen molar-refractivity contribution in [3.8, 4) is 16.5 Å². The fourth-order valence-electron chi connectivity index (χ4n) is 2.99. The maximum absolute atomic E-state index is 12.7. The van der Waals surface area contributed by atoms with Gasteiger partial charge in [-0.1, -0.05) is 6.07 Å². The SMILES string of the molecule is O=C(NCCn1nc(-c2cccs2)n(C2CC2)c1=O)c1ccc(OC(F)(F)F)cc1. The summed E-state index contributed by atoms with van der Waals surface area (Å²) >= 11 is 1.50. The Kier molecular flexibility index (Phi) is 5.37. The zero-order valence-electron chi connectivity index (χ0n) is 15.6. The molecule has 0 aliphatic heterocycles. The molecule has 1 amide bonds. The van der Waals surface area contributed by atoms with Crippen molar-refractivity contribution in [2.24, 2.45) is 0 Å². The molecule has 1 saturated carbocycles. The van der Waals surface area contributed by atoms with Gasteiger partial charge in [0.1, 0.15) is 5.75 Å². The Hall–Kier alpha value is -3.08. The summed E-state index contributed by atoms with van der Waals surface area (Å²) in [5.41, 5.74) is -0.0385. The second-order valence-corrected chi connectivity index (χ2v) is 7.68. The number of hydrogen-bond acceptors (Lipinski definition) is 5. The average molecular weight is 438 g/mol. The number of hydrogen-bond donors (Lipinski definition) is 1. The minimum absolute atomic E-state index is 0.144. The summed E-state index contributed by atoms with van der Waals surface area (Å²) in [5.74, 6) is -0.247. The van der Waals surface area contributed by atoms with Crippen LogP contribution in [0.25, 0.3) is 10.7 Å². The molecule has 1 fully saturated rings. The van der Waals surface area contributed by atoms with Gasteiger partial charge < -0.3 is 10.1 Å². The molecule has 3 aromatic rings. The van der Waals surface area contributed by atoms with Crippen LogP contribution in [0.2, 0.25) is 0 Å². The van der Waals surface area contributed by atoms with Crippen molar-refractivity contribution in [1.29, 1.82) is 0 Å². The number of thiophene rings is 1. The van der Waals surface area contributed by atoms with Crippen LogP contribution < -0.4 is 15.7 Å². The number of nitrogens with one attached hydrogen (secondary N) is 1. The molecule has 0 bridgehead atoms. The Labute approximate surface area is 172 Å². The van der Waals surface area contributed by atoms with E-state index in [1.165, 1.54) is 28.2 Å². The summed E-state index contributed by atoms with van der Waals surface area (Å²) in [6.45, 7) is 0.322. The third kappa shape index (κ3) is 4.56. The quantitative estimate of drug-likeness (QED) is 0.613. The van der Waals surface area contributed by atoms with Crippen molar-refractivity contribution >= 4 is 17.2 Å². The van der Waals surface area contributed by atoms with Gasteiger partial charge in [0.15, 0.2) is 5.82 Å². The molecule has 0 atom stereocenters. The predicted molar refractivity (Wildman–Crippen MR) is 104 cm³/mol. The number of amides is 1. The largest absolute Gasteiger partial charge is 0.573 e. The van der Waals surface area contributed by atoms with E-state index in [9.17, 15) is 22.8 Å². The van der Waals surface area contributed by atoms with Crippen molar-refractivity contribution in [1.82, 2.24) is 19.7 Å². The van der Waals surface area contributed by atoms with E-state index in [0.29, 0.717) is 5.82 Å². The molecule has 4 rings (SSSR count). The summed E-state index contributed by atoms with van der Waals surface area (Å²) in [6.07, 6.45) is -2.91. The maximum atomic E-state index is 12.7. The first kappa shape index (κ1) is 20.2.